The van der Waals surface area contributed by atoms with Gasteiger partial charge in [-0.1, -0.05) is 38.8 Å². The topological polar surface area (TPSA) is 78.4 Å². The molecule has 1 fully saturated rings. The molecule has 21 heavy (non-hydrogen) atoms. The Bertz CT molecular complexity index is 391. The standard InChI is InChI=1S/C16H28N2O3/c1-5-8-12-9-13(16(20)21)18-15(12)14(17-10(4)19)11(6-2)7-3/h5,8,11-15,18H,6-7,9H2,1-4H3,(H,17,19)(H,20,21)/b8-5-/t12-,13-,14+,15-/m1/s1. The van der Waals surface area contributed by atoms with Gasteiger partial charge in [-0.05, 0) is 25.2 Å². The highest BCUT2D eigenvalue weighted by Gasteiger charge is 2.42. The summed E-state index contributed by atoms with van der Waals surface area (Å²) in [6.45, 7) is 7.67. The van der Waals surface area contributed by atoms with E-state index < -0.39 is 12.0 Å². The number of hydrogen-bond acceptors (Lipinski definition) is 3. The number of rotatable bonds is 7. The second-order valence-electron chi connectivity index (χ2n) is 5.81. The van der Waals surface area contributed by atoms with Crippen molar-refractivity contribution in [2.75, 3.05) is 0 Å². The number of aliphatic carboxylic acids is 1. The molecule has 0 aliphatic carbocycles. The zero-order chi connectivity index (χ0) is 16.0. The molecule has 1 aliphatic rings. The van der Waals surface area contributed by atoms with Gasteiger partial charge in [0.05, 0.1) is 0 Å². The van der Waals surface area contributed by atoms with Crippen LogP contribution in [0.25, 0.3) is 0 Å². The summed E-state index contributed by atoms with van der Waals surface area (Å²) in [5, 5.41) is 15.5. The lowest BCUT2D eigenvalue weighted by Crippen LogP contribution is -2.54. The first-order valence-corrected chi connectivity index (χ1v) is 7.83. The molecule has 0 bridgehead atoms. The molecule has 1 amide bonds. The minimum absolute atomic E-state index is 0.0314. The highest BCUT2D eigenvalue weighted by atomic mass is 16.4. The summed E-state index contributed by atoms with van der Waals surface area (Å²) >= 11 is 0. The first kappa shape index (κ1) is 17.7. The highest BCUT2D eigenvalue weighted by Crippen LogP contribution is 2.29. The molecule has 0 unspecified atom stereocenters. The average molecular weight is 296 g/mol. The Balaban J connectivity index is 3.01. The number of carboxylic acid groups (broad SMARTS) is 1. The lowest BCUT2D eigenvalue weighted by molar-refractivity contribution is -0.139. The van der Waals surface area contributed by atoms with Crippen molar-refractivity contribution in [3.63, 3.8) is 0 Å². The number of hydrogen-bond donors (Lipinski definition) is 3. The Morgan fingerprint density at radius 1 is 1.38 bits per heavy atom. The van der Waals surface area contributed by atoms with E-state index in [0.29, 0.717) is 12.3 Å². The van der Waals surface area contributed by atoms with Crippen LogP contribution < -0.4 is 10.6 Å². The fourth-order valence-corrected chi connectivity index (χ4v) is 3.36. The van der Waals surface area contributed by atoms with Crippen LogP contribution in [0.5, 0.6) is 0 Å². The third-order valence-electron chi connectivity index (χ3n) is 4.41. The molecule has 0 spiro atoms. The molecule has 4 atom stereocenters. The zero-order valence-electron chi connectivity index (χ0n) is 13.4. The quantitative estimate of drug-likeness (QED) is 0.627. The summed E-state index contributed by atoms with van der Waals surface area (Å²) in [7, 11) is 0. The van der Waals surface area contributed by atoms with Crippen molar-refractivity contribution in [2.24, 2.45) is 11.8 Å². The van der Waals surface area contributed by atoms with Gasteiger partial charge in [0.2, 0.25) is 5.91 Å². The van der Waals surface area contributed by atoms with Gasteiger partial charge < -0.3 is 10.4 Å². The minimum Gasteiger partial charge on any atom is -0.480 e. The van der Waals surface area contributed by atoms with E-state index in [1.807, 2.05) is 13.0 Å². The Kier molecular flexibility index (Phi) is 6.89. The van der Waals surface area contributed by atoms with Crippen molar-refractivity contribution in [1.82, 2.24) is 10.6 Å². The second-order valence-corrected chi connectivity index (χ2v) is 5.81. The lowest BCUT2D eigenvalue weighted by atomic mass is 9.83. The van der Waals surface area contributed by atoms with E-state index >= 15 is 0 Å². The highest BCUT2D eigenvalue weighted by molar-refractivity contribution is 5.75. The van der Waals surface area contributed by atoms with E-state index in [4.69, 9.17) is 0 Å². The first-order valence-electron chi connectivity index (χ1n) is 7.83. The summed E-state index contributed by atoms with van der Waals surface area (Å²) in [6.07, 6.45) is 6.50. The van der Waals surface area contributed by atoms with Crippen LogP contribution in [0.4, 0.5) is 0 Å². The third kappa shape index (κ3) is 4.56. The van der Waals surface area contributed by atoms with Crippen LogP contribution in [-0.2, 0) is 9.59 Å². The predicted molar refractivity (Wildman–Crippen MR) is 82.9 cm³/mol. The molecule has 0 aromatic heterocycles. The van der Waals surface area contributed by atoms with Gasteiger partial charge in [0.15, 0.2) is 0 Å². The summed E-state index contributed by atoms with van der Waals surface area (Å²) in [5.74, 6) is -0.412. The summed E-state index contributed by atoms with van der Waals surface area (Å²) < 4.78 is 0. The van der Waals surface area contributed by atoms with Gasteiger partial charge in [-0.2, -0.15) is 0 Å². The van der Waals surface area contributed by atoms with Crippen molar-refractivity contribution in [3.8, 4) is 0 Å². The number of allylic oxidation sites excluding steroid dienone is 1. The molecule has 0 saturated carbocycles. The molecule has 1 aliphatic heterocycles. The summed E-state index contributed by atoms with van der Waals surface area (Å²) in [5.41, 5.74) is 0. The normalized spacial score (nSPS) is 27.2. The molecule has 120 valence electrons. The third-order valence-corrected chi connectivity index (χ3v) is 4.41. The molecule has 1 saturated heterocycles. The van der Waals surface area contributed by atoms with Crippen LogP contribution in [-0.4, -0.2) is 35.1 Å². The van der Waals surface area contributed by atoms with Crippen LogP contribution in [0.1, 0.15) is 47.0 Å². The van der Waals surface area contributed by atoms with Crippen LogP contribution >= 0.6 is 0 Å². The Morgan fingerprint density at radius 3 is 2.43 bits per heavy atom. The number of carbonyl (C=O) groups excluding carboxylic acids is 1. The second kappa shape index (κ2) is 8.17. The predicted octanol–water partition coefficient (Wildman–Crippen LogP) is 1.93. The lowest BCUT2D eigenvalue weighted by Gasteiger charge is -2.34. The maximum absolute atomic E-state index is 11.6. The van der Waals surface area contributed by atoms with Crippen LogP contribution in [0.3, 0.4) is 0 Å². The maximum Gasteiger partial charge on any atom is 0.320 e. The van der Waals surface area contributed by atoms with Gasteiger partial charge >= 0.3 is 5.97 Å². The van der Waals surface area contributed by atoms with E-state index in [1.54, 1.807) is 0 Å². The Morgan fingerprint density at radius 2 is 2.00 bits per heavy atom. The van der Waals surface area contributed by atoms with Gasteiger partial charge in [-0.25, -0.2) is 0 Å². The van der Waals surface area contributed by atoms with Crippen LogP contribution in [0, 0.1) is 11.8 Å². The molecule has 5 heteroatoms. The molecular formula is C16H28N2O3. The Labute approximate surface area is 127 Å². The number of carboxylic acids is 1. The smallest absolute Gasteiger partial charge is 0.320 e. The van der Waals surface area contributed by atoms with Gasteiger partial charge in [0.1, 0.15) is 6.04 Å². The fourth-order valence-electron chi connectivity index (χ4n) is 3.36. The largest absolute Gasteiger partial charge is 0.480 e. The Hall–Kier alpha value is -1.36. The summed E-state index contributed by atoms with van der Waals surface area (Å²) in [4.78, 5) is 22.8. The van der Waals surface area contributed by atoms with Crippen molar-refractivity contribution in [1.29, 1.82) is 0 Å². The minimum atomic E-state index is -0.821. The van der Waals surface area contributed by atoms with E-state index in [9.17, 15) is 14.7 Å². The fraction of sp³-hybridized carbons (Fsp3) is 0.750. The van der Waals surface area contributed by atoms with Crippen molar-refractivity contribution in [2.45, 2.75) is 65.1 Å². The molecule has 3 N–H and O–H groups in total. The van der Waals surface area contributed by atoms with E-state index in [1.165, 1.54) is 6.92 Å². The van der Waals surface area contributed by atoms with Gasteiger partial charge in [0, 0.05) is 19.0 Å². The average Bonchev–Trinajstić information content (AvgIpc) is 2.83. The summed E-state index contributed by atoms with van der Waals surface area (Å²) in [6, 6.07) is -0.610. The van der Waals surface area contributed by atoms with Crippen LogP contribution in [0.15, 0.2) is 12.2 Å². The monoisotopic (exact) mass is 296 g/mol. The number of carbonyl (C=O) groups is 2. The van der Waals surface area contributed by atoms with E-state index in [0.717, 1.165) is 12.8 Å². The number of nitrogens with one attached hydrogen (secondary N) is 2. The molecular weight excluding hydrogens is 268 g/mol. The van der Waals surface area contributed by atoms with Crippen LogP contribution in [0.2, 0.25) is 0 Å². The van der Waals surface area contributed by atoms with E-state index in [2.05, 4.69) is 30.6 Å². The van der Waals surface area contributed by atoms with Gasteiger partial charge in [-0.3, -0.25) is 14.9 Å². The van der Waals surface area contributed by atoms with Gasteiger partial charge in [-0.15, -0.1) is 0 Å². The van der Waals surface area contributed by atoms with Gasteiger partial charge in [0.25, 0.3) is 0 Å². The first-order chi connectivity index (χ1) is 9.94. The molecule has 0 aromatic rings. The molecule has 1 heterocycles. The zero-order valence-corrected chi connectivity index (χ0v) is 13.4. The van der Waals surface area contributed by atoms with Crippen molar-refractivity contribution in [3.05, 3.63) is 12.2 Å². The van der Waals surface area contributed by atoms with E-state index in [-0.39, 0.29) is 23.9 Å². The van der Waals surface area contributed by atoms with Crippen molar-refractivity contribution < 1.29 is 14.7 Å². The molecule has 0 aromatic carbocycles. The SMILES string of the molecule is C/C=C\[C@@H]1C[C@H](C(=O)O)N[C@H]1[C@@H](NC(C)=O)C(CC)CC. The molecule has 5 nitrogen and oxygen atoms in total. The van der Waals surface area contributed by atoms with Crippen molar-refractivity contribution >= 4 is 11.9 Å². The maximum atomic E-state index is 11.6. The molecule has 1 rings (SSSR count). The number of amides is 1. The molecule has 0 radical (unpaired) electrons.